The van der Waals surface area contributed by atoms with Crippen LogP contribution < -0.4 is 10.9 Å². The average molecular weight is 307 g/mol. The van der Waals surface area contributed by atoms with Crippen LogP contribution in [0.25, 0.3) is 0 Å². The molecular formula is C13H17N5O2S. The van der Waals surface area contributed by atoms with Crippen LogP contribution >= 0.6 is 11.8 Å². The largest absolute Gasteiger partial charge is 0.377 e. The number of aromatic amines is 1. The van der Waals surface area contributed by atoms with Gasteiger partial charge in [-0.25, -0.2) is 15.0 Å². The highest BCUT2D eigenvalue weighted by atomic mass is 32.2. The van der Waals surface area contributed by atoms with E-state index >= 15 is 0 Å². The SMILES string of the molecule is CCNc1cc(Sc2nc(C)cc(=O)[nH]2)nc(COC)n1. The van der Waals surface area contributed by atoms with Crippen LogP contribution in [-0.4, -0.2) is 33.6 Å². The lowest BCUT2D eigenvalue weighted by Crippen LogP contribution is -2.09. The monoisotopic (exact) mass is 307 g/mol. The fourth-order valence-corrected chi connectivity index (χ4v) is 2.55. The number of rotatable bonds is 6. The van der Waals surface area contributed by atoms with Gasteiger partial charge in [0.05, 0.1) is 0 Å². The van der Waals surface area contributed by atoms with Crippen molar-refractivity contribution in [2.24, 2.45) is 0 Å². The van der Waals surface area contributed by atoms with E-state index in [1.165, 1.54) is 17.8 Å². The minimum atomic E-state index is -0.178. The Labute approximate surface area is 126 Å². The fraction of sp³-hybridized carbons (Fsp3) is 0.385. The summed E-state index contributed by atoms with van der Waals surface area (Å²) in [6.07, 6.45) is 0. The van der Waals surface area contributed by atoms with Crippen LogP contribution in [0.5, 0.6) is 0 Å². The van der Waals surface area contributed by atoms with Gasteiger partial charge in [-0.3, -0.25) is 4.79 Å². The lowest BCUT2D eigenvalue weighted by Gasteiger charge is -2.08. The van der Waals surface area contributed by atoms with Crippen LogP contribution in [0.4, 0.5) is 5.82 Å². The highest BCUT2D eigenvalue weighted by Gasteiger charge is 2.08. The average Bonchev–Trinajstić information content (AvgIpc) is 2.37. The Morgan fingerprint density at radius 2 is 2.14 bits per heavy atom. The van der Waals surface area contributed by atoms with Gasteiger partial charge in [0.2, 0.25) is 0 Å². The first kappa shape index (κ1) is 15.5. The highest BCUT2D eigenvalue weighted by molar-refractivity contribution is 7.99. The van der Waals surface area contributed by atoms with Crippen molar-refractivity contribution >= 4 is 17.6 Å². The van der Waals surface area contributed by atoms with Crippen molar-refractivity contribution in [1.29, 1.82) is 0 Å². The van der Waals surface area contributed by atoms with Gasteiger partial charge in [-0.05, 0) is 25.6 Å². The van der Waals surface area contributed by atoms with Crippen molar-refractivity contribution in [3.8, 4) is 0 Å². The number of nitrogens with zero attached hydrogens (tertiary/aromatic N) is 3. The standard InChI is InChI=1S/C13H17N5O2S/c1-4-14-9-6-12(17-10(16-9)7-20-3)21-13-15-8(2)5-11(19)18-13/h5-6H,4,7H2,1-3H3,(H,14,16,17)(H,15,18,19). The molecule has 2 rings (SSSR count). The number of hydrogen-bond acceptors (Lipinski definition) is 7. The summed E-state index contributed by atoms with van der Waals surface area (Å²) >= 11 is 1.28. The summed E-state index contributed by atoms with van der Waals surface area (Å²) in [5.74, 6) is 1.30. The lowest BCUT2D eigenvalue weighted by molar-refractivity contribution is 0.177. The Balaban J connectivity index is 2.31. The summed E-state index contributed by atoms with van der Waals surface area (Å²) < 4.78 is 5.07. The van der Waals surface area contributed by atoms with Gasteiger partial charge in [0, 0.05) is 31.5 Å². The van der Waals surface area contributed by atoms with E-state index in [0.717, 1.165) is 12.4 Å². The first-order valence-corrected chi connectivity index (χ1v) is 7.29. The molecule has 2 N–H and O–H groups in total. The number of methoxy groups -OCH3 is 1. The third kappa shape index (κ3) is 4.54. The fourth-order valence-electron chi connectivity index (χ4n) is 1.69. The Morgan fingerprint density at radius 1 is 1.33 bits per heavy atom. The smallest absolute Gasteiger partial charge is 0.251 e. The molecule has 112 valence electrons. The van der Waals surface area contributed by atoms with Crippen LogP contribution in [0.1, 0.15) is 18.4 Å². The molecule has 0 aliphatic heterocycles. The molecule has 0 saturated carbocycles. The summed E-state index contributed by atoms with van der Waals surface area (Å²) in [7, 11) is 1.59. The first-order valence-electron chi connectivity index (χ1n) is 6.47. The molecule has 0 saturated heterocycles. The molecule has 7 nitrogen and oxygen atoms in total. The maximum Gasteiger partial charge on any atom is 0.251 e. The zero-order valence-corrected chi connectivity index (χ0v) is 13.0. The van der Waals surface area contributed by atoms with E-state index in [1.807, 2.05) is 13.0 Å². The van der Waals surface area contributed by atoms with Crippen molar-refractivity contribution in [1.82, 2.24) is 19.9 Å². The normalized spacial score (nSPS) is 10.6. The van der Waals surface area contributed by atoms with E-state index in [0.29, 0.717) is 28.3 Å². The van der Waals surface area contributed by atoms with E-state index < -0.39 is 0 Å². The molecule has 0 atom stereocenters. The lowest BCUT2D eigenvalue weighted by atomic mass is 10.5. The second-order valence-corrected chi connectivity index (χ2v) is 5.27. The molecular weight excluding hydrogens is 290 g/mol. The Kier molecular flexibility index (Phi) is 5.29. The third-order valence-electron chi connectivity index (χ3n) is 2.43. The highest BCUT2D eigenvalue weighted by Crippen LogP contribution is 2.24. The van der Waals surface area contributed by atoms with Gasteiger partial charge in [-0.15, -0.1) is 0 Å². The molecule has 0 fully saturated rings. The molecule has 0 aliphatic carbocycles. The van der Waals surface area contributed by atoms with Crippen LogP contribution in [0.15, 0.2) is 27.1 Å². The number of nitrogens with one attached hydrogen (secondary N) is 2. The summed E-state index contributed by atoms with van der Waals surface area (Å²) in [5, 5.41) is 4.34. The summed E-state index contributed by atoms with van der Waals surface area (Å²) in [5.41, 5.74) is 0.488. The first-order chi connectivity index (χ1) is 10.1. The van der Waals surface area contributed by atoms with Crippen LogP contribution in [0.2, 0.25) is 0 Å². The number of H-pyrrole nitrogens is 1. The number of ether oxygens (including phenoxy) is 1. The Bertz CT molecular complexity index is 650. The molecule has 0 aliphatic rings. The van der Waals surface area contributed by atoms with Crippen molar-refractivity contribution in [3.05, 3.63) is 34.0 Å². The number of aryl methyl sites for hydroxylation is 1. The van der Waals surface area contributed by atoms with Gasteiger partial charge in [0.1, 0.15) is 17.5 Å². The van der Waals surface area contributed by atoms with E-state index in [9.17, 15) is 4.79 Å². The van der Waals surface area contributed by atoms with Crippen LogP contribution in [0, 0.1) is 6.92 Å². The molecule has 2 aromatic heterocycles. The third-order valence-corrected chi connectivity index (χ3v) is 3.23. The Morgan fingerprint density at radius 3 is 2.81 bits per heavy atom. The molecule has 0 radical (unpaired) electrons. The van der Waals surface area contributed by atoms with Crippen molar-refractivity contribution in [3.63, 3.8) is 0 Å². The zero-order valence-electron chi connectivity index (χ0n) is 12.1. The molecule has 0 aromatic carbocycles. The molecule has 2 heterocycles. The number of aromatic nitrogens is 4. The second-order valence-electron chi connectivity index (χ2n) is 4.26. The van der Waals surface area contributed by atoms with E-state index in [1.54, 1.807) is 14.0 Å². The van der Waals surface area contributed by atoms with Gasteiger partial charge in [0.25, 0.3) is 5.56 Å². The molecule has 2 aromatic rings. The van der Waals surface area contributed by atoms with E-state index in [2.05, 4.69) is 25.3 Å². The Hall–Kier alpha value is -1.93. The molecule has 0 spiro atoms. The van der Waals surface area contributed by atoms with Crippen molar-refractivity contribution in [2.75, 3.05) is 19.0 Å². The topological polar surface area (TPSA) is 92.8 Å². The maximum absolute atomic E-state index is 11.5. The molecule has 8 heteroatoms. The molecule has 21 heavy (non-hydrogen) atoms. The van der Waals surface area contributed by atoms with Gasteiger partial charge >= 0.3 is 0 Å². The van der Waals surface area contributed by atoms with Crippen LogP contribution in [-0.2, 0) is 11.3 Å². The molecule has 0 unspecified atom stereocenters. The quantitative estimate of drug-likeness (QED) is 0.618. The minimum absolute atomic E-state index is 0.178. The summed E-state index contributed by atoms with van der Waals surface area (Å²) in [4.78, 5) is 27.1. The van der Waals surface area contributed by atoms with Gasteiger partial charge in [-0.2, -0.15) is 0 Å². The van der Waals surface area contributed by atoms with E-state index in [-0.39, 0.29) is 5.56 Å². The van der Waals surface area contributed by atoms with Gasteiger partial charge in [-0.1, -0.05) is 0 Å². The van der Waals surface area contributed by atoms with Gasteiger partial charge in [0.15, 0.2) is 11.0 Å². The van der Waals surface area contributed by atoms with Crippen molar-refractivity contribution in [2.45, 2.75) is 30.6 Å². The minimum Gasteiger partial charge on any atom is -0.377 e. The predicted molar refractivity (Wildman–Crippen MR) is 80.6 cm³/mol. The van der Waals surface area contributed by atoms with Crippen LogP contribution in [0.3, 0.4) is 0 Å². The zero-order chi connectivity index (χ0) is 15.2. The molecule has 0 amide bonds. The maximum atomic E-state index is 11.5. The summed E-state index contributed by atoms with van der Waals surface area (Å²) in [6.45, 7) is 4.85. The predicted octanol–water partition coefficient (Wildman–Crippen LogP) is 1.60. The van der Waals surface area contributed by atoms with Crippen molar-refractivity contribution < 1.29 is 4.74 Å². The number of hydrogen-bond donors (Lipinski definition) is 2. The molecule has 0 bridgehead atoms. The number of anilines is 1. The second kappa shape index (κ2) is 7.19. The van der Waals surface area contributed by atoms with Gasteiger partial charge < -0.3 is 15.0 Å². The van der Waals surface area contributed by atoms with E-state index in [4.69, 9.17) is 4.74 Å². The summed E-state index contributed by atoms with van der Waals surface area (Å²) in [6, 6.07) is 3.26.